The fourth-order valence-corrected chi connectivity index (χ4v) is 2.66. The van der Waals surface area contributed by atoms with Gasteiger partial charge in [-0.1, -0.05) is 11.6 Å². The van der Waals surface area contributed by atoms with E-state index < -0.39 is 17.9 Å². The molecule has 22 heavy (non-hydrogen) atoms. The minimum atomic E-state index is -0.533. The first-order valence-corrected chi connectivity index (χ1v) is 7.55. The molecule has 1 aliphatic rings. The molecule has 1 aliphatic heterocycles. The quantitative estimate of drug-likeness (QED) is 0.908. The third-order valence-electron chi connectivity index (χ3n) is 3.88. The lowest BCUT2D eigenvalue weighted by Crippen LogP contribution is -2.58. The zero-order valence-corrected chi connectivity index (χ0v) is 13.6. The monoisotopic (exact) mass is 327 g/mol. The van der Waals surface area contributed by atoms with Crippen molar-refractivity contribution in [3.8, 4) is 0 Å². The highest BCUT2D eigenvalue weighted by Gasteiger charge is 2.33. The van der Waals surface area contributed by atoms with Crippen molar-refractivity contribution in [1.82, 2.24) is 9.80 Å². The molecule has 1 N–H and O–H groups in total. The molecule has 1 aromatic carbocycles. The van der Waals surface area contributed by atoms with Crippen LogP contribution in [-0.4, -0.2) is 47.4 Å². The predicted octanol–water partition coefficient (Wildman–Crippen LogP) is 2.87. The smallest absolute Gasteiger partial charge is 0.322 e. The minimum Gasteiger partial charge on any atom is -0.339 e. The summed E-state index contributed by atoms with van der Waals surface area (Å²) in [7, 11) is 0. The van der Waals surface area contributed by atoms with Crippen LogP contribution in [0.25, 0.3) is 0 Å². The van der Waals surface area contributed by atoms with Crippen LogP contribution in [0.5, 0.6) is 0 Å². The van der Waals surface area contributed by atoms with Crippen molar-refractivity contribution in [1.29, 1.82) is 0 Å². The maximum absolute atomic E-state index is 13.4. The second-order valence-electron chi connectivity index (χ2n) is 5.30. The lowest BCUT2D eigenvalue weighted by molar-refractivity contribution is -0.138. The normalized spacial score (nSPS) is 18.6. The Kier molecular flexibility index (Phi) is 4.90. The van der Waals surface area contributed by atoms with Crippen LogP contribution in [0.4, 0.5) is 14.9 Å². The maximum atomic E-state index is 13.4. The SMILES string of the molecule is CCN1CCN(C(=O)Nc2cc(C)c(F)cc2Cl)[C@@H](C)C1=O. The van der Waals surface area contributed by atoms with E-state index in [2.05, 4.69) is 5.32 Å². The molecular formula is C15H19ClFN3O2. The van der Waals surface area contributed by atoms with Gasteiger partial charge in [-0.15, -0.1) is 0 Å². The highest BCUT2D eigenvalue weighted by Crippen LogP contribution is 2.26. The van der Waals surface area contributed by atoms with Crippen LogP contribution in [-0.2, 0) is 4.79 Å². The van der Waals surface area contributed by atoms with Gasteiger partial charge in [-0.3, -0.25) is 4.79 Å². The van der Waals surface area contributed by atoms with Crippen LogP contribution in [0.3, 0.4) is 0 Å². The summed E-state index contributed by atoms with van der Waals surface area (Å²) >= 11 is 5.95. The molecular weight excluding hydrogens is 309 g/mol. The van der Waals surface area contributed by atoms with Gasteiger partial charge in [0, 0.05) is 19.6 Å². The molecule has 0 aromatic heterocycles. The van der Waals surface area contributed by atoms with Gasteiger partial charge < -0.3 is 15.1 Å². The van der Waals surface area contributed by atoms with Crippen molar-refractivity contribution in [2.75, 3.05) is 25.0 Å². The summed E-state index contributed by atoms with van der Waals surface area (Å²) in [6.07, 6.45) is 0. The average Bonchev–Trinajstić information content (AvgIpc) is 2.47. The van der Waals surface area contributed by atoms with Crippen LogP contribution >= 0.6 is 11.6 Å². The van der Waals surface area contributed by atoms with E-state index in [4.69, 9.17) is 11.6 Å². The zero-order valence-electron chi connectivity index (χ0n) is 12.8. The molecule has 1 saturated heterocycles. The Morgan fingerprint density at radius 2 is 2.14 bits per heavy atom. The Morgan fingerprint density at radius 1 is 1.45 bits per heavy atom. The topological polar surface area (TPSA) is 52.6 Å². The number of hydrogen-bond acceptors (Lipinski definition) is 2. The van der Waals surface area contributed by atoms with Gasteiger partial charge >= 0.3 is 6.03 Å². The molecule has 7 heteroatoms. The van der Waals surface area contributed by atoms with Crippen LogP contribution < -0.4 is 5.32 Å². The number of anilines is 1. The zero-order chi connectivity index (χ0) is 16.4. The number of likely N-dealkylation sites (N-methyl/N-ethyl adjacent to an activating group) is 1. The number of urea groups is 1. The van der Waals surface area contributed by atoms with Crippen LogP contribution in [0.2, 0.25) is 5.02 Å². The van der Waals surface area contributed by atoms with E-state index in [1.54, 1.807) is 18.7 Å². The van der Waals surface area contributed by atoms with Crippen molar-refractivity contribution in [3.05, 3.63) is 28.5 Å². The van der Waals surface area contributed by atoms with Crippen molar-refractivity contribution < 1.29 is 14.0 Å². The van der Waals surface area contributed by atoms with Gasteiger partial charge in [-0.25, -0.2) is 9.18 Å². The number of rotatable bonds is 2. The van der Waals surface area contributed by atoms with E-state index in [-0.39, 0.29) is 10.9 Å². The van der Waals surface area contributed by atoms with Crippen LogP contribution in [0.15, 0.2) is 12.1 Å². The minimum absolute atomic E-state index is 0.0784. The third-order valence-corrected chi connectivity index (χ3v) is 4.19. The van der Waals surface area contributed by atoms with Gasteiger partial charge in [0.15, 0.2) is 0 Å². The standard InChI is InChI=1S/C15H19ClFN3O2/c1-4-19-5-6-20(10(3)14(19)21)15(22)18-13-7-9(2)12(17)8-11(13)16/h7-8,10H,4-6H2,1-3H3,(H,18,22)/t10-/m0/s1. The number of nitrogens with zero attached hydrogens (tertiary/aromatic N) is 2. The summed E-state index contributed by atoms with van der Waals surface area (Å²) in [6.45, 7) is 6.77. The maximum Gasteiger partial charge on any atom is 0.322 e. The Bertz CT molecular complexity index is 609. The molecule has 1 fully saturated rings. The fourth-order valence-electron chi connectivity index (χ4n) is 2.46. The number of nitrogens with one attached hydrogen (secondary N) is 1. The molecule has 1 atom stereocenters. The number of halogens is 2. The van der Waals surface area contributed by atoms with Crippen molar-refractivity contribution in [2.45, 2.75) is 26.8 Å². The molecule has 0 saturated carbocycles. The summed E-state index contributed by atoms with van der Waals surface area (Å²) in [5, 5.41) is 2.78. The molecule has 0 unspecified atom stereocenters. The second kappa shape index (κ2) is 6.52. The Hall–Kier alpha value is -1.82. The summed E-state index contributed by atoms with van der Waals surface area (Å²) in [6, 6.07) is 1.69. The summed E-state index contributed by atoms with van der Waals surface area (Å²) in [4.78, 5) is 27.7. The molecule has 0 bridgehead atoms. The first kappa shape index (κ1) is 16.5. The van der Waals surface area contributed by atoms with Crippen LogP contribution in [0.1, 0.15) is 19.4 Å². The summed E-state index contributed by atoms with van der Waals surface area (Å²) in [5.41, 5.74) is 0.725. The van der Waals surface area contributed by atoms with Crippen molar-refractivity contribution >= 4 is 29.2 Å². The third kappa shape index (κ3) is 3.16. The lowest BCUT2D eigenvalue weighted by atomic mass is 10.2. The highest BCUT2D eigenvalue weighted by atomic mass is 35.5. The van der Waals surface area contributed by atoms with Gasteiger partial charge in [-0.05, 0) is 38.5 Å². The highest BCUT2D eigenvalue weighted by molar-refractivity contribution is 6.33. The van der Waals surface area contributed by atoms with E-state index in [9.17, 15) is 14.0 Å². The number of amides is 3. The molecule has 5 nitrogen and oxygen atoms in total. The molecule has 0 aliphatic carbocycles. The van der Waals surface area contributed by atoms with Crippen LogP contribution in [0, 0.1) is 12.7 Å². The van der Waals surface area contributed by atoms with Crippen molar-refractivity contribution in [3.63, 3.8) is 0 Å². The summed E-state index contributed by atoms with van der Waals surface area (Å²) < 4.78 is 13.4. The van der Waals surface area contributed by atoms with E-state index in [0.717, 1.165) is 6.07 Å². The number of benzene rings is 1. The molecule has 0 spiro atoms. The molecule has 2 rings (SSSR count). The van der Waals surface area contributed by atoms with Gasteiger partial charge in [-0.2, -0.15) is 0 Å². The lowest BCUT2D eigenvalue weighted by Gasteiger charge is -2.38. The number of hydrogen-bond donors (Lipinski definition) is 1. The molecule has 1 heterocycles. The second-order valence-corrected chi connectivity index (χ2v) is 5.71. The molecule has 3 amide bonds. The predicted molar refractivity (Wildman–Crippen MR) is 83.6 cm³/mol. The van der Waals surface area contributed by atoms with Crippen molar-refractivity contribution in [2.24, 2.45) is 0 Å². The largest absolute Gasteiger partial charge is 0.339 e. The number of carbonyl (C=O) groups is 2. The first-order chi connectivity index (χ1) is 10.3. The van der Waals surface area contributed by atoms with Gasteiger partial charge in [0.25, 0.3) is 0 Å². The van der Waals surface area contributed by atoms with E-state index in [1.165, 1.54) is 11.0 Å². The van der Waals surface area contributed by atoms with Gasteiger partial charge in [0.2, 0.25) is 5.91 Å². The number of piperazine rings is 1. The van der Waals surface area contributed by atoms with Gasteiger partial charge in [0.05, 0.1) is 10.7 Å². The Balaban J connectivity index is 2.13. The van der Waals surface area contributed by atoms with E-state index in [1.807, 2.05) is 6.92 Å². The molecule has 1 aromatic rings. The van der Waals surface area contributed by atoms with E-state index in [0.29, 0.717) is 30.9 Å². The Morgan fingerprint density at radius 3 is 2.77 bits per heavy atom. The molecule has 0 radical (unpaired) electrons. The average molecular weight is 328 g/mol. The number of aryl methyl sites for hydroxylation is 1. The summed E-state index contributed by atoms with van der Waals surface area (Å²) in [5.74, 6) is -0.506. The first-order valence-electron chi connectivity index (χ1n) is 7.17. The fraction of sp³-hybridized carbons (Fsp3) is 0.467. The Labute approximate surface area is 134 Å². The van der Waals surface area contributed by atoms with E-state index >= 15 is 0 Å². The van der Waals surface area contributed by atoms with Gasteiger partial charge in [0.1, 0.15) is 11.9 Å². The number of carbonyl (C=O) groups excluding carboxylic acids is 2. The molecule has 120 valence electrons.